The van der Waals surface area contributed by atoms with Crippen LogP contribution in [0.1, 0.15) is 36.5 Å². The fourth-order valence-electron chi connectivity index (χ4n) is 3.70. The van der Waals surface area contributed by atoms with Gasteiger partial charge in [0.2, 0.25) is 5.91 Å². The number of hydrogen-bond donors (Lipinski definition) is 1. The van der Waals surface area contributed by atoms with Crippen molar-refractivity contribution >= 4 is 35.8 Å². The summed E-state index contributed by atoms with van der Waals surface area (Å²) in [6.45, 7) is 5.58. The number of halogens is 1. The Morgan fingerprint density at radius 2 is 1.77 bits per heavy atom. The van der Waals surface area contributed by atoms with E-state index in [-0.39, 0.29) is 29.9 Å². The van der Waals surface area contributed by atoms with Crippen molar-refractivity contribution in [2.24, 2.45) is 4.99 Å². The first-order valence-corrected chi connectivity index (χ1v) is 10.6. The Morgan fingerprint density at radius 1 is 1.13 bits per heavy atom. The Bertz CT molecular complexity index is 845. The minimum atomic E-state index is 0. The van der Waals surface area contributed by atoms with Gasteiger partial charge in [-0.2, -0.15) is 0 Å². The Hall–Kier alpha value is -2.29. The van der Waals surface area contributed by atoms with E-state index in [2.05, 4.69) is 39.5 Å². The largest absolute Gasteiger partial charge is 0.494 e. The molecule has 1 aliphatic heterocycles. The number of rotatable bonds is 8. The first-order chi connectivity index (χ1) is 14.6. The molecule has 0 saturated heterocycles. The molecular weight excluding hydrogens is 503 g/mol. The number of nitrogens with one attached hydrogen (secondary N) is 1. The van der Waals surface area contributed by atoms with E-state index < -0.39 is 0 Å². The van der Waals surface area contributed by atoms with E-state index in [1.807, 2.05) is 43.1 Å². The summed E-state index contributed by atoms with van der Waals surface area (Å²) in [6.07, 6.45) is 1.32. The van der Waals surface area contributed by atoms with Crippen LogP contribution >= 0.6 is 24.0 Å². The number of hydrogen-bond acceptors (Lipinski definition) is 3. The highest BCUT2D eigenvalue weighted by molar-refractivity contribution is 14.0. The van der Waals surface area contributed by atoms with Crippen molar-refractivity contribution in [2.45, 2.75) is 39.4 Å². The molecule has 7 heteroatoms. The van der Waals surface area contributed by atoms with Crippen LogP contribution in [0, 0.1) is 0 Å². The van der Waals surface area contributed by atoms with Gasteiger partial charge < -0.3 is 19.9 Å². The van der Waals surface area contributed by atoms with Crippen LogP contribution in [0.5, 0.6) is 5.75 Å². The fraction of sp³-hybridized carbons (Fsp3) is 0.417. The van der Waals surface area contributed by atoms with Gasteiger partial charge in [0.25, 0.3) is 0 Å². The molecule has 1 N–H and O–H groups in total. The molecule has 0 atom stereocenters. The molecule has 0 spiro atoms. The summed E-state index contributed by atoms with van der Waals surface area (Å²) in [5, 5.41) is 3.36. The SMILES string of the molecule is CCOc1ccc(CN(C)C(=NC)NCCCC(=O)N2Cc3ccccc3C2)cc1.I. The molecule has 0 saturated carbocycles. The Morgan fingerprint density at radius 3 is 2.35 bits per heavy atom. The van der Waals surface area contributed by atoms with Gasteiger partial charge in [0.1, 0.15) is 5.75 Å². The molecule has 2 aromatic rings. The number of ether oxygens (including phenoxy) is 1. The van der Waals surface area contributed by atoms with E-state index in [0.717, 1.165) is 37.8 Å². The van der Waals surface area contributed by atoms with E-state index in [9.17, 15) is 4.79 Å². The van der Waals surface area contributed by atoms with Gasteiger partial charge in [-0.25, -0.2) is 0 Å². The Labute approximate surface area is 202 Å². The summed E-state index contributed by atoms with van der Waals surface area (Å²) in [5.41, 5.74) is 3.72. The predicted molar refractivity (Wildman–Crippen MR) is 136 cm³/mol. The van der Waals surface area contributed by atoms with Crippen LogP contribution < -0.4 is 10.1 Å². The second-order valence-corrected chi connectivity index (χ2v) is 7.53. The zero-order chi connectivity index (χ0) is 21.3. The standard InChI is InChI=1S/C24H32N4O2.HI/c1-4-30-22-13-11-19(12-14-22)16-27(3)24(25-2)26-15-7-10-23(29)28-17-20-8-5-6-9-21(20)18-28;/h5-6,8-9,11-14H,4,7,10,15-18H2,1-3H3,(H,25,26);1H. The lowest BCUT2D eigenvalue weighted by atomic mass is 10.1. The predicted octanol–water partition coefficient (Wildman–Crippen LogP) is 4.03. The maximum absolute atomic E-state index is 12.5. The molecule has 0 aromatic heterocycles. The summed E-state index contributed by atoms with van der Waals surface area (Å²) < 4.78 is 5.49. The van der Waals surface area contributed by atoms with E-state index in [0.29, 0.717) is 19.6 Å². The van der Waals surface area contributed by atoms with Crippen molar-refractivity contribution in [1.82, 2.24) is 15.1 Å². The van der Waals surface area contributed by atoms with Gasteiger partial charge >= 0.3 is 0 Å². The topological polar surface area (TPSA) is 57.2 Å². The zero-order valence-corrected chi connectivity index (χ0v) is 21.0. The van der Waals surface area contributed by atoms with E-state index in [1.165, 1.54) is 16.7 Å². The van der Waals surface area contributed by atoms with Crippen molar-refractivity contribution in [3.63, 3.8) is 0 Å². The fourth-order valence-corrected chi connectivity index (χ4v) is 3.70. The number of amides is 1. The average Bonchev–Trinajstić information content (AvgIpc) is 3.19. The first-order valence-electron chi connectivity index (χ1n) is 10.6. The Kier molecular flexibility index (Phi) is 10.1. The quantitative estimate of drug-likeness (QED) is 0.240. The number of benzene rings is 2. The first kappa shape index (κ1) is 25.0. The molecule has 2 aromatic carbocycles. The molecule has 1 amide bonds. The lowest BCUT2D eigenvalue weighted by Gasteiger charge is -2.22. The third-order valence-electron chi connectivity index (χ3n) is 5.27. The number of carbonyl (C=O) groups is 1. The maximum Gasteiger partial charge on any atom is 0.223 e. The monoisotopic (exact) mass is 536 g/mol. The lowest BCUT2D eigenvalue weighted by molar-refractivity contribution is -0.131. The number of fused-ring (bicyclic) bond motifs is 1. The molecule has 31 heavy (non-hydrogen) atoms. The molecule has 0 unspecified atom stereocenters. The van der Waals surface area contributed by atoms with Crippen LogP contribution in [0.4, 0.5) is 0 Å². The third-order valence-corrected chi connectivity index (χ3v) is 5.27. The second-order valence-electron chi connectivity index (χ2n) is 7.53. The van der Waals surface area contributed by atoms with E-state index in [4.69, 9.17) is 4.74 Å². The van der Waals surface area contributed by atoms with Crippen molar-refractivity contribution in [3.05, 3.63) is 65.2 Å². The normalized spacial score (nSPS) is 12.7. The summed E-state index contributed by atoms with van der Waals surface area (Å²) in [6, 6.07) is 16.4. The van der Waals surface area contributed by atoms with Crippen molar-refractivity contribution in [2.75, 3.05) is 27.2 Å². The lowest BCUT2D eigenvalue weighted by Crippen LogP contribution is -2.39. The van der Waals surface area contributed by atoms with E-state index >= 15 is 0 Å². The highest BCUT2D eigenvalue weighted by atomic mass is 127. The molecule has 6 nitrogen and oxygen atoms in total. The summed E-state index contributed by atoms with van der Waals surface area (Å²) in [4.78, 5) is 20.9. The minimum Gasteiger partial charge on any atom is -0.494 e. The maximum atomic E-state index is 12.5. The zero-order valence-electron chi connectivity index (χ0n) is 18.6. The van der Waals surface area contributed by atoms with Crippen LogP contribution in [0.2, 0.25) is 0 Å². The molecule has 3 rings (SSSR count). The molecule has 1 aliphatic rings. The smallest absolute Gasteiger partial charge is 0.223 e. The molecule has 168 valence electrons. The highest BCUT2D eigenvalue weighted by Gasteiger charge is 2.22. The number of guanidine groups is 1. The van der Waals surface area contributed by atoms with Gasteiger partial charge in [-0.05, 0) is 42.2 Å². The Balaban J connectivity index is 0.00000341. The number of carbonyl (C=O) groups excluding carboxylic acids is 1. The van der Waals surface area contributed by atoms with Crippen LogP contribution in [0.3, 0.4) is 0 Å². The van der Waals surface area contributed by atoms with Crippen molar-refractivity contribution in [3.8, 4) is 5.75 Å². The second kappa shape index (κ2) is 12.5. The van der Waals surface area contributed by atoms with Crippen LogP contribution in [0.25, 0.3) is 0 Å². The molecule has 0 bridgehead atoms. The molecule has 0 aliphatic carbocycles. The van der Waals surface area contributed by atoms with Crippen LogP contribution in [-0.2, 0) is 24.4 Å². The summed E-state index contributed by atoms with van der Waals surface area (Å²) in [5.74, 6) is 1.92. The van der Waals surface area contributed by atoms with Crippen molar-refractivity contribution in [1.29, 1.82) is 0 Å². The summed E-state index contributed by atoms with van der Waals surface area (Å²) in [7, 11) is 3.79. The van der Waals surface area contributed by atoms with Crippen LogP contribution in [-0.4, -0.2) is 48.9 Å². The number of aliphatic imine (C=N–C) groups is 1. The minimum absolute atomic E-state index is 0. The third kappa shape index (κ3) is 7.12. The highest BCUT2D eigenvalue weighted by Crippen LogP contribution is 2.22. The molecular formula is C24H33IN4O2. The molecule has 0 fully saturated rings. The van der Waals surface area contributed by atoms with Crippen LogP contribution in [0.15, 0.2) is 53.5 Å². The van der Waals surface area contributed by atoms with Gasteiger partial charge in [0.05, 0.1) is 6.61 Å². The van der Waals surface area contributed by atoms with Crippen molar-refractivity contribution < 1.29 is 9.53 Å². The van der Waals surface area contributed by atoms with Gasteiger partial charge in [-0.1, -0.05) is 36.4 Å². The van der Waals surface area contributed by atoms with Gasteiger partial charge in [-0.15, -0.1) is 24.0 Å². The van der Waals surface area contributed by atoms with E-state index in [1.54, 1.807) is 7.05 Å². The number of nitrogens with zero attached hydrogens (tertiary/aromatic N) is 3. The van der Waals surface area contributed by atoms with Gasteiger partial charge in [0, 0.05) is 46.7 Å². The molecule has 0 radical (unpaired) electrons. The van der Waals surface area contributed by atoms with Gasteiger partial charge in [-0.3, -0.25) is 9.79 Å². The average molecular weight is 536 g/mol. The molecule has 1 heterocycles. The van der Waals surface area contributed by atoms with Gasteiger partial charge in [0.15, 0.2) is 5.96 Å². The summed E-state index contributed by atoms with van der Waals surface area (Å²) >= 11 is 0.